The van der Waals surface area contributed by atoms with Gasteiger partial charge in [0, 0.05) is 17.3 Å². The van der Waals surface area contributed by atoms with Crippen LogP contribution in [0.15, 0.2) is 18.2 Å². The maximum absolute atomic E-state index is 12.4. The third-order valence-corrected chi connectivity index (χ3v) is 4.08. The molecule has 0 radical (unpaired) electrons. The molecule has 1 heterocycles. The van der Waals surface area contributed by atoms with Crippen molar-refractivity contribution >= 4 is 29.2 Å². The first-order valence-electron chi connectivity index (χ1n) is 6.88. The van der Waals surface area contributed by atoms with E-state index < -0.39 is 11.9 Å². The number of hydrogen-bond acceptors (Lipinski definition) is 3. The highest BCUT2D eigenvalue weighted by Crippen LogP contribution is 2.27. The van der Waals surface area contributed by atoms with Crippen LogP contribution in [0.5, 0.6) is 0 Å². The molecule has 2 rings (SSSR count). The summed E-state index contributed by atoms with van der Waals surface area (Å²) < 4.78 is 5.48. The highest BCUT2D eigenvalue weighted by atomic mass is 35.5. The molecule has 114 valence electrons. The Hall–Kier alpha value is -1.59. The summed E-state index contributed by atoms with van der Waals surface area (Å²) in [5, 5.41) is 12.3. The van der Waals surface area contributed by atoms with Crippen LogP contribution >= 0.6 is 11.6 Å². The van der Waals surface area contributed by atoms with E-state index in [2.05, 4.69) is 5.32 Å². The molecule has 6 heteroatoms. The van der Waals surface area contributed by atoms with Gasteiger partial charge in [0.25, 0.3) is 0 Å². The van der Waals surface area contributed by atoms with E-state index in [4.69, 9.17) is 21.4 Å². The summed E-state index contributed by atoms with van der Waals surface area (Å²) in [6, 6.07) is 5.22. The molecule has 0 bridgehead atoms. The summed E-state index contributed by atoms with van der Waals surface area (Å²) in [5.41, 5.74) is 1.36. The molecule has 1 aliphatic heterocycles. The average Bonchev–Trinajstić information content (AvgIpc) is 2.94. The number of amides is 1. The summed E-state index contributed by atoms with van der Waals surface area (Å²) in [5.74, 6) is -2.04. The number of ether oxygens (including phenoxy) is 1. The van der Waals surface area contributed by atoms with Crippen molar-refractivity contribution < 1.29 is 19.4 Å². The van der Waals surface area contributed by atoms with E-state index in [0.717, 1.165) is 12.0 Å². The number of carboxylic acids is 1. The molecule has 1 aromatic rings. The minimum Gasteiger partial charge on any atom is -0.481 e. The average molecular weight is 312 g/mol. The zero-order valence-electron chi connectivity index (χ0n) is 11.8. The fourth-order valence-corrected chi connectivity index (χ4v) is 2.64. The number of halogens is 1. The van der Waals surface area contributed by atoms with Crippen LogP contribution in [0.3, 0.4) is 0 Å². The monoisotopic (exact) mass is 311 g/mol. The van der Waals surface area contributed by atoms with Crippen molar-refractivity contribution in [2.45, 2.75) is 32.3 Å². The second-order valence-electron chi connectivity index (χ2n) is 5.16. The third-order valence-electron chi connectivity index (χ3n) is 3.67. The fraction of sp³-hybridized carbons (Fsp3) is 0.467. The second-order valence-corrected chi connectivity index (χ2v) is 5.56. The van der Waals surface area contributed by atoms with Gasteiger partial charge in [0.1, 0.15) is 0 Å². The van der Waals surface area contributed by atoms with Crippen LogP contribution in [0.1, 0.15) is 24.8 Å². The van der Waals surface area contributed by atoms with E-state index in [1.807, 2.05) is 0 Å². The van der Waals surface area contributed by atoms with Gasteiger partial charge in [-0.2, -0.15) is 0 Å². The minimum atomic E-state index is -1.01. The van der Waals surface area contributed by atoms with Gasteiger partial charge in [-0.3, -0.25) is 9.59 Å². The Bertz CT molecular complexity index is 540. The molecule has 1 amide bonds. The van der Waals surface area contributed by atoms with Gasteiger partial charge in [0.05, 0.1) is 18.4 Å². The van der Waals surface area contributed by atoms with Gasteiger partial charge in [0.15, 0.2) is 0 Å². The lowest BCUT2D eigenvalue weighted by Crippen LogP contribution is -2.34. The van der Waals surface area contributed by atoms with Crippen LogP contribution in [-0.2, 0) is 14.3 Å². The van der Waals surface area contributed by atoms with Crippen LogP contribution in [-0.4, -0.2) is 29.7 Å². The zero-order chi connectivity index (χ0) is 15.4. The molecule has 21 heavy (non-hydrogen) atoms. The van der Waals surface area contributed by atoms with E-state index in [9.17, 15) is 9.59 Å². The third kappa shape index (κ3) is 3.95. The van der Waals surface area contributed by atoms with Gasteiger partial charge in [-0.15, -0.1) is 0 Å². The largest absolute Gasteiger partial charge is 0.481 e. The van der Waals surface area contributed by atoms with Crippen molar-refractivity contribution in [3.8, 4) is 0 Å². The van der Waals surface area contributed by atoms with Gasteiger partial charge in [-0.1, -0.05) is 17.7 Å². The molecule has 2 atom stereocenters. The Morgan fingerprint density at radius 3 is 2.90 bits per heavy atom. The highest BCUT2D eigenvalue weighted by molar-refractivity contribution is 6.31. The molecule has 0 aromatic heterocycles. The molecule has 1 aromatic carbocycles. The van der Waals surface area contributed by atoms with Crippen LogP contribution in [0, 0.1) is 12.8 Å². The smallest absolute Gasteiger partial charge is 0.304 e. The summed E-state index contributed by atoms with van der Waals surface area (Å²) >= 11 is 6.02. The predicted molar refractivity (Wildman–Crippen MR) is 79.5 cm³/mol. The molecule has 1 aliphatic rings. The maximum Gasteiger partial charge on any atom is 0.304 e. The van der Waals surface area contributed by atoms with E-state index in [1.165, 1.54) is 0 Å². The number of aliphatic carboxylic acids is 1. The first-order valence-corrected chi connectivity index (χ1v) is 7.26. The molecule has 1 saturated heterocycles. The number of anilines is 1. The summed E-state index contributed by atoms with van der Waals surface area (Å²) in [6.45, 7) is 2.38. The van der Waals surface area contributed by atoms with E-state index in [-0.39, 0.29) is 18.4 Å². The molecular formula is C15H18ClNO4. The Morgan fingerprint density at radius 1 is 1.52 bits per heavy atom. The molecule has 2 unspecified atom stereocenters. The number of carboxylic acid groups (broad SMARTS) is 1. The first-order chi connectivity index (χ1) is 9.99. The van der Waals surface area contributed by atoms with Crippen molar-refractivity contribution in [3.63, 3.8) is 0 Å². The second kappa shape index (κ2) is 6.91. The molecule has 2 N–H and O–H groups in total. The highest BCUT2D eigenvalue weighted by Gasteiger charge is 2.33. The fourth-order valence-electron chi connectivity index (χ4n) is 2.47. The van der Waals surface area contributed by atoms with Crippen molar-refractivity contribution in [2.75, 3.05) is 11.9 Å². The molecule has 0 saturated carbocycles. The number of rotatable bonds is 5. The lowest BCUT2D eigenvalue weighted by molar-refractivity contribution is -0.142. The SMILES string of the molecule is Cc1c(Cl)cccc1NC(=O)C(CC(=O)O)C1CCCO1. The first kappa shape index (κ1) is 15.8. The predicted octanol–water partition coefficient (Wildman–Crippen LogP) is 2.86. The van der Waals surface area contributed by atoms with Gasteiger partial charge < -0.3 is 15.2 Å². The minimum absolute atomic E-state index is 0.240. The van der Waals surface area contributed by atoms with Crippen LogP contribution in [0.2, 0.25) is 5.02 Å². The van der Waals surface area contributed by atoms with Crippen molar-refractivity contribution in [1.82, 2.24) is 0 Å². The molecule has 5 nitrogen and oxygen atoms in total. The van der Waals surface area contributed by atoms with Crippen molar-refractivity contribution in [3.05, 3.63) is 28.8 Å². The number of carbonyl (C=O) groups excluding carboxylic acids is 1. The summed E-state index contributed by atoms with van der Waals surface area (Å²) in [7, 11) is 0. The molecule has 1 fully saturated rings. The number of nitrogens with one attached hydrogen (secondary N) is 1. The summed E-state index contributed by atoms with van der Waals surface area (Å²) in [6.07, 6.45) is 0.987. The lowest BCUT2D eigenvalue weighted by Gasteiger charge is -2.21. The Balaban J connectivity index is 2.14. The van der Waals surface area contributed by atoms with Crippen LogP contribution in [0.4, 0.5) is 5.69 Å². The van der Waals surface area contributed by atoms with Crippen LogP contribution in [0.25, 0.3) is 0 Å². The quantitative estimate of drug-likeness (QED) is 0.876. The number of carbonyl (C=O) groups is 2. The molecule has 0 aliphatic carbocycles. The van der Waals surface area contributed by atoms with Crippen molar-refractivity contribution in [2.24, 2.45) is 5.92 Å². The van der Waals surface area contributed by atoms with Crippen molar-refractivity contribution in [1.29, 1.82) is 0 Å². The zero-order valence-corrected chi connectivity index (χ0v) is 12.5. The van der Waals surface area contributed by atoms with E-state index in [1.54, 1.807) is 25.1 Å². The lowest BCUT2D eigenvalue weighted by atomic mass is 9.95. The molecular weight excluding hydrogens is 294 g/mol. The standard InChI is InChI=1S/C15H18ClNO4/c1-9-11(16)4-2-5-12(9)17-15(20)10(8-14(18)19)13-6-3-7-21-13/h2,4-5,10,13H,3,6-8H2,1H3,(H,17,20)(H,18,19). The normalized spacial score (nSPS) is 19.2. The maximum atomic E-state index is 12.4. The number of hydrogen-bond donors (Lipinski definition) is 2. The van der Waals surface area contributed by atoms with E-state index in [0.29, 0.717) is 23.7 Å². The number of benzene rings is 1. The Morgan fingerprint density at radius 2 is 2.29 bits per heavy atom. The topological polar surface area (TPSA) is 75.6 Å². The Labute approximate surface area is 128 Å². The van der Waals surface area contributed by atoms with E-state index >= 15 is 0 Å². The van der Waals surface area contributed by atoms with Crippen LogP contribution < -0.4 is 5.32 Å². The Kier molecular flexibility index (Phi) is 5.20. The van der Waals surface area contributed by atoms with Gasteiger partial charge in [-0.25, -0.2) is 0 Å². The molecule has 0 spiro atoms. The van der Waals surface area contributed by atoms with Gasteiger partial charge in [-0.05, 0) is 37.5 Å². The van der Waals surface area contributed by atoms with Gasteiger partial charge in [0.2, 0.25) is 5.91 Å². The van der Waals surface area contributed by atoms with Gasteiger partial charge >= 0.3 is 5.97 Å². The summed E-state index contributed by atoms with van der Waals surface area (Å²) in [4.78, 5) is 23.4.